The zero-order chi connectivity index (χ0) is 28.9. The number of carbonyl (C=O) groups is 2. The fourth-order valence-electron chi connectivity index (χ4n) is 4.17. The number of aldehydes is 1. The lowest BCUT2D eigenvalue weighted by Gasteiger charge is -2.15. The second-order valence-corrected chi connectivity index (χ2v) is 10.5. The molecule has 3 heterocycles. The van der Waals surface area contributed by atoms with Gasteiger partial charge in [0.1, 0.15) is 10.5 Å². The van der Waals surface area contributed by atoms with Crippen molar-refractivity contribution >= 4 is 68.5 Å². The maximum atomic E-state index is 11.4. The van der Waals surface area contributed by atoms with Gasteiger partial charge in [-0.15, -0.1) is 11.3 Å². The lowest BCUT2D eigenvalue weighted by molar-refractivity contribution is -0.139. The predicted octanol–water partition coefficient (Wildman–Crippen LogP) is 6.55. The molecule has 0 spiro atoms. The number of hydrogen-bond donors (Lipinski definition) is 2. The molecule has 5 rings (SSSR count). The number of carbonyl (C=O) groups excluding carboxylic acids is 2. The molecule has 0 aliphatic rings. The van der Waals surface area contributed by atoms with E-state index in [-0.39, 0.29) is 18.4 Å². The number of rotatable bonds is 10. The Morgan fingerprint density at radius 3 is 2.49 bits per heavy atom. The summed E-state index contributed by atoms with van der Waals surface area (Å²) in [4.78, 5) is 36.3. The molecule has 3 aromatic heterocycles. The van der Waals surface area contributed by atoms with E-state index in [2.05, 4.69) is 25.3 Å². The van der Waals surface area contributed by atoms with Gasteiger partial charge < -0.3 is 20.1 Å². The molecule has 2 N–H and O–H groups in total. The number of methoxy groups -OCH3 is 2. The van der Waals surface area contributed by atoms with Crippen LogP contribution >= 0.6 is 34.5 Å². The van der Waals surface area contributed by atoms with Crippen molar-refractivity contribution in [1.82, 2.24) is 20.3 Å². The second-order valence-electron chi connectivity index (χ2n) is 8.67. The van der Waals surface area contributed by atoms with Crippen LogP contribution in [-0.4, -0.2) is 48.0 Å². The van der Waals surface area contributed by atoms with E-state index in [4.69, 9.17) is 32.9 Å². The first-order chi connectivity index (χ1) is 19.9. The molecule has 12 heteroatoms. The van der Waals surface area contributed by atoms with Gasteiger partial charge in [-0.1, -0.05) is 53.5 Å². The zero-order valence-corrected chi connectivity index (χ0v) is 24.2. The summed E-state index contributed by atoms with van der Waals surface area (Å²) in [5.74, 6) is 0.417. The molecule has 0 aliphatic heterocycles. The number of aromatic nitrogens is 3. The molecule has 0 saturated carbocycles. The molecular weight excluding hydrogens is 585 g/mol. The minimum absolute atomic E-state index is 0.0929. The minimum Gasteiger partial charge on any atom is -0.480 e. The molecule has 0 fully saturated rings. The number of esters is 1. The van der Waals surface area contributed by atoms with Crippen LogP contribution in [0, 0.1) is 0 Å². The van der Waals surface area contributed by atoms with Crippen molar-refractivity contribution in [2.45, 2.75) is 6.54 Å². The normalized spacial score (nSPS) is 10.9. The molecule has 0 amide bonds. The molecule has 0 saturated heterocycles. The van der Waals surface area contributed by atoms with Gasteiger partial charge in [-0.3, -0.25) is 9.59 Å². The molecule has 208 valence electrons. The molecule has 0 unspecified atom stereocenters. The largest absolute Gasteiger partial charge is 0.480 e. The van der Waals surface area contributed by atoms with Gasteiger partial charge in [0.2, 0.25) is 5.88 Å². The zero-order valence-electron chi connectivity index (χ0n) is 21.9. The van der Waals surface area contributed by atoms with Crippen LogP contribution in [0.3, 0.4) is 0 Å². The van der Waals surface area contributed by atoms with Gasteiger partial charge in [0.15, 0.2) is 12.1 Å². The van der Waals surface area contributed by atoms with E-state index < -0.39 is 0 Å². The van der Waals surface area contributed by atoms with E-state index in [1.807, 2.05) is 42.5 Å². The summed E-state index contributed by atoms with van der Waals surface area (Å²) in [6, 6.07) is 16.4. The molecule has 2 aromatic carbocycles. The second kappa shape index (κ2) is 12.6. The number of nitrogens with zero attached hydrogens (tertiary/aromatic N) is 3. The quantitative estimate of drug-likeness (QED) is 0.134. The Morgan fingerprint density at radius 2 is 1.73 bits per heavy atom. The van der Waals surface area contributed by atoms with E-state index in [1.165, 1.54) is 25.6 Å². The van der Waals surface area contributed by atoms with Gasteiger partial charge in [-0.2, -0.15) is 0 Å². The van der Waals surface area contributed by atoms with E-state index in [0.29, 0.717) is 67.8 Å². The summed E-state index contributed by atoms with van der Waals surface area (Å²) in [5, 5.41) is 8.04. The van der Waals surface area contributed by atoms with Gasteiger partial charge in [-0.25, -0.2) is 15.0 Å². The first kappa shape index (κ1) is 28.4. The predicted molar refractivity (Wildman–Crippen MR) is 161 cm³/mol. The van der Waals surface area contributed by atoms with Gasteiger partial charge in [0.05, 0.1) is 52.5 Å². The lowest BCUT2D eigenvalue weighted by Crippen LogP contribution is -2.23. The molecular formula is C29H23Cl2N5O4S. The summed E-state index contributed by atoms with van der Waals surface area (Å²) in [5.41, 5.74) is 4.29. The standard InChI is InChI=1S/C29H23Cl2N5O4S/c1-39-24(38)14-32-13-23-36-27-22(41-23)11-12-33-28(27)34-21-8-4-6-18(26(21)31)17-5-3-7-19(25(17)30)20-10-9-16(15-37)29(35-20)40-2/h3-12,15,32H,13-14H2,1-2H3,(H,33,34). The highest BCUT2D eigenvalue weighted by Gasteiger charge is 2.18. The summed E-state index contributed by atoms with van der Waals surface area (Å²) in [7, 11) is 2.80. The molecule has 0 aliphatic carbocycles. The van der Waals surface area contributed by atoms with E-state index >= 15 is 0 Å². The highest BCUT2D eigenvalue weighted by molar-refractivity contribution is 7.18. The Hall–Kier alpha value is -4.09. The average Bonchev–Trinajstić information content (AvgIpc) is 3.42. The number of anilines is 2. The van der Waals surface area contributed by atoms with Gasteiger partial charge in [0, 0.05) is 29.4 Å². The topological polar surface area (TPSA) is 115 Å². The number of halogens is 2. The first-order valence-corrected chi connectivity index (χ1v) is 13.9. The van der Waals surface area contributed by atoms with Crippen molar-refractivity contribution in [3.63, 3.8) is 0 Å². The number of ether oxygens (including phenoxy) is 2. The third-order valence-corrected chi connectivity index (χ3v) is 7.99. The number of nitrogens with one attached hydrogen (secondary N) is 2. The maximum absolute atomic E-state index is 11.4. The minimum atomic E-state index is -0.345. The number of thiazole rings is 1. The average molecular weight is 609 g/mol. The van der Waals surface area contributed by atoms with Crippen LogP contribution in [0.1, 0.15) is 15.4 Å². The molecule has 5 aromatic rings. The van der Waals surface area contributed by atoms with Crippen molar-refractivity contribution in [2.75, 3.05) is 26.1 Å². The third kappa shape index (κ3) is 6.01. The van der Waals surface area contributed by atoms with Gasteiger partial charge in [0.25, 0.3) is 0 Å². The number of benzene rings is 2. The number of pyridine rings is 2. The van der Waals surface area contributed by atoms with Crippen LogP contribution in [0.2, 0.25) is 10.0 Å². The molecule has 9 nitrogen and oxygen atoms in total. The van der Waals surface area contributed by atoms with Crippen LogP contribution in [0.25, 0.3) is 32.6 Å². The van der Waals surface area contributed by atoms with Crippen molar-refractivity contribution in [2.24, 2.45) is 0 Å². The Balaban J connectivity index is 1.46. The van der Waals surface area contributed by atoms with Crippen LogP contribution in [0.5, 0.6) is 5.88 Å². The molecule has 41 heavy (non-hydrogen) atoms. The van der Waals surface area contributed by atoms with Crippen molar-refractivity contribution < 1.29 is 19.1 Å². The van der Waals surface area contributed by atoms with Crippen molar-refractivity contribution in [3.05, 3.63) is 81.4 Å². The van der Waals surface area contributed by atoms with E-state index in [9.17, 15) is 9.59 Å². The Morgan fingerprint density at radius 1 is 0.976 bits per heavy atom. The smallest absolute Gasteiger partial charge is 0.319 e. The SMILES string of the molecule is COC(=O)CNCc1nc2c(Nc3cccc(-c4cccc(-c5ccc(C=O)c(OC)n5)c4Cl)c3Cl)nccc2s1. The van der Waals surface area contributed by atoms with Crippen LogP contribution in [0.4, 0.5) is 11.5 Å². The summed E-state index contributed by atoms with van der Waals surface area (Å²) < 4.78 is 10.9. The van der Waals surface area contributed by atoms with Crippen molar-refractivity contribution in [3.8, 4) is 28.3 Å². The maximum Gasteiger partial charge on any atom is 0.319 e. The highest BCUT2D eigenvalue weighted by Crippen LogP contribution is 2.42. The third-order valence-electron chi connectivity index (χ3n) is 6.15. The molecule has 0 atom stereocenters. The number of fused-ring (bicyclic) bond motifs is 1. The Kier molecular flexibility index (Phi) is 8.75. The van der Waals surface area contributed by atoms with Gasteiger partial charge in [-0.05, 0) is 24.3 Å². The first-order valence-electron chi connectivity index (χ1n) is 12.3. The summed E-state index contributed by atoms with van der Waals surface area (Å²) in [6.07, 6.45) is 2.39. The van der Waals surface area contributed by atoms with Crippen LogP contribution in [-0.2, 0) is 16.1 Å². The van der Waals surface area contributed by atoms with Crippen LogP contribution in [0.15, 0.2) is 60.8 Å². The fourth-order valence-corrected chi connectivity index (χ4v) is 5.70. The lowest BCUT2D eigenvalue weighted by atomic mass is 10.00. The highest BCUT2D eigenvalue weighted by atomic mass is 35.5. The van der Waals surface area contributed by atoms with E-state index in [0.717, 1.165) is 9.71 Å². The fraction of sp³-hybridized carbons (Fsp3) is 0.138. The molecule has 0 bridgehead atoms. The Labute approximate surface area is 249 Å². The monoisotopic (exact) mass is 607 g/mol. The molecule has 0 radical (unpaired) electrons. The number of hydrogen-bond acceptors (Lipinski definition) is 10. The summed E-state index contributed by atoms with van der Waals surface area (Å²) in [6.45, 7) is 0.507. The van der Waals surface area contributed by atoms with E-state index in [1.54, 1.807) is 18.3 Å². The van der Waals surface area contributed by atoms with Crippen molar-refractivity contribution in [1.29, 1.82) is 0 Å². The van der Waals surface area contributed by atoms with Gasteiger partial charge >= 0.3 is 5.97 Å². The Bertz CT molecular complexity index is 1760. The summed E-state index contributed by atoms with van der Waals surface area (Å²) >= 11 is 15.3. The van der Waals surface area contributed by atoms with Crippen LogP contribution < -0.4 is 15.4 Å².